The van der Waals surface area contributed by atoms with Crippen LogP contribution in [0.1, 0.15) is 36.3 Å². The monoisotopic (exact) mass is 321 g/mol. The third-order valence-corrected chi connectivity index (χ3v) is 6.91. The maximum Gasteiger partial charge on any atom is 0.274 e. The summed E-state index contributed by atoms with van der Waals surface area (Å²) in [6, 6.07) is 2.25. The van der Waals surface area contributed by atoms with Crippen LogP contribution in [0, 0.1) is 11.3 Å². The van der Waals surface area contributed by atoms with Gasteiger partial charge < -0.3 is 9.64 Å². The fraction of sp³-hybridized carbons (Fsp3) is 0.750. The molecule has 120 valence electrons. The van der Waals surface area contributed by atoms with Gasteiger partial charge in [0.1, 0.15) is 5.69 Å². The van der Waals surface area contributed by atoms with E-state index in [1.165, 1.54) is 11.5 Å². The molecule has 0 unspecified atom stereocenters. The van der Waals surface area contributed by atoms with E-state index in [-0.39, 0.29) is 5.91 Å². The van der Waals surface area contributed by atoms with E-state index < -0.39 is 0 Å². The molecule has 1 aromatic heterocycles. The van der Waals surface area contributed by atoms with E-state index in [9.17, 15) is 4.79 Å². The normalized spacial score (nSPS) is 32.4. The first-order valence-corrected chi connectivity index (χ1v) is 9.31. The van der Waals surface area contributed by atoms with E-state index in [2.05, 4.69) is 12.0 Å². The summed E-state index contributed by atoms with van der Waals surface area (Å²) in [5.41, 5.74) is 0.909. The highest BCUT2D eigenvalue weighted by atomic mass is 32.2. The Morgan fingerprint density at radius 3 is 3.05 bits per heavy atom. The molecule has 0 spiro atoms. The number of hydrogen-bond acceptors (Lipinski definition) is 4. The van der Waals surface area contributed by atoms with Gasteiger partial charge in [-0.25, -0.2) is 0 Å². The van der Waals surface area contributed by atoms with Gasteiger partial charge in [0.15, 0.2) is 0 Å². The molecular formula is C16H23N3O2S. The van der Waals surface area contributed by atoms with E-state index in [0.29, 0.717) is 23.1 Å². The third kappa shape index (κ3) is 2.46. The van der Waals surface area contributed by atoms with E-state index in [1.807, 2.05) is 33.6 Å². The minimum absolute atomic E-state index is 0.103. The molecule has 5 nitrogen and oxygen atoms in total. The second kappa shape index (κ2) is 5.57. The maximum atomic E-state index is 12.7. The molecule has 0 saturated carbocycles. The number of carbonyl (C=O) groups is 1. The second-order valence-electron chi connectivity index (χ2n) is 7.08. The van der Waals surface area contributed by atoms with Gasteiger partial charge in [-0.15, -0.1) is 0 Å². The van der Waals surface area contributed by atoms with Crippen molar-refractivity contribution in [3.05, 3.63) is 18.0 Å². The van der Waals surface area contributed by atoms with Gasteiger partial charge in [-0.2, -0.15) is 16.9 Å². The van der Waals surface area contributed by atoms with E-state index >= 15 is 0 Å². The average Bonchev–Trinajstić information content (AvgIpc) is 3.20. The summed E-state index contributed by atoms with van der Waals surface area (Å²) in [5, 5.41) is 4.56. The first-order valence-electron chi connectivity index (χ1n) is 8.16. The molecule has 3 aliphatic heterocycles. The van der Waals surface area contributed by atoms with Gasteiger partial charge in [-0.3, -0.25) is 9.48 Å². The molecule has 3 saturated heterocycles. The number of thioether (sulfide) groups is 1. The predicted molar refractivity (Wildman–Crippen MR) is 86.1 cm³/mol. The average molecular weight is 321 g/mol. The first kappa shape index (κ1) is 14.6. The molecule has 3 fully saturated rings. The van der Waals surface area contributed by atoms with Gasteiger partial charge in [0, 0.05) is 38.3 Å². The number of rotatable bonds is 2. The number of aromatic nitrogens is 2. The Balaban J connectivity index is 1.46. The minimum atomic E-state index is 0.103. The molecule has 4 rings (SSSR count). The van der Waals surface area contributed by atoms with Crippen molar-refractivity contribution < 1.29 is 9.53 Å². The maximum absolute atomic E-state index is 12.7. The van der Waals surface area contributed by atoms with Crippen molar-refractivity contribution in [2.75, 3.05) is 37.8 Å². The van der Waals surface area contributed by atoms with Crippen LogP contribution in [0.25, 0.3) is 0 Å². The van der Waals surface area contributed by atoms with E-state index in [1.54, 1.807) is 0 Å². The van der Waals surface area contributed by atoms with Crippen molar-refractivity contribution >= 4 is 17.7 Å². The van der Waals surface area contributed by atoms with E-state index in [0.717, 1.165) is 39.1 Å². The standard InChI is InChI=1S/C16H23N3O2S/c1-16-10-18(8-12(16)9-22-11-16)15(20)14-2-5-19(17-14)13-3-6-21-7-4-13/h2,5,12-13H,3-4,6-11H2,1H3/t12-,16+/m1/s1. The Labute approximate surface area is 135 Å². The van der Waals surface area contributed by atoms with Gasteiger partial charge in [-0.05, 0) is 36.0 Å². The summed E-state index contributed by atoms with van der Waals surface area (Å²) in [7, 11) is 0. The summed E-state index contributed by atoms with van der Waals surface area (Å²) < 4.78 is 7.35. The van der Waals surface area contributed by atoms with Gasteiger partial charge >= 0.3 is 0 Å². The number of likely N-dealkylation sites (tertiary alicyclic amines) is 1. The highest BCUT2D eigenvalue weighted by Crippen LogP contribution is 2.46. The highest BCUT2D eigenvalue weighted by Gasteiger charge is 2.48. The molecule has 22 heavy (non-hydrogen) atoms. The summed E-state index contributed by atoms with van der Waals surface area (Å²) in [6.07, 6.45) is 3.92. The molecule has 0 aromatic carbocycles. The first-order chi connectivity index (χ1) is 10.7. The Morgan fingerprint density at radius 1 is 1.45 bits per heavy atom. The summed E-state index contributed by atoms with van der Waals surface area (Å²) in [6.45, 7) is 5.68. The molecule has 1 aromatic rings. The van der Waals surface area contributed by atoms with Gasteiger partial charge in [0.25, 0.3) is 5.91 Å². The van der Waals surface area contributed by atoms with Gasteiger partial charge in [0.2, 0.25) is 0 Å². The number of carbonyl (C=O) groups excluding carboxylic acids is 1. The van der Waals surface area contributed by atoms with Crippen molar-refractivity contribution in [3.63, 3.8) is 0 Å². The predicted octanol–water partition coefficient (Wildman–Crippen LogP) is 2.06. The largest absolute Gasteiger partial charge is 0.381 e. The SMILES string of the molecule is C[C@]12CSC[C@H]1CN(C(=O)c1ccn(C3CCOCC3)n1)C2. The lowest BCUT2D eigenvalue weighted by molar-refractivity contribution is 0.0656. The quantitative estimate of drug-likeness (QED) is 0.836. The lowest BCUT2D eigenvalue weighted by Gasteiger charge is -2.23. The van der Waals surface area contributed by atoms with Crippen molar-refractivity contribution in [3.8, 4) is 0 Å². The van der Waals surface area contributed by atoms with Crippen LogP contribution in [0.2, 0.25) is 0 Å². The van der Waals surface area contributed by atoms with Crippen LogP contribution in [0.15, 0.2) is 12.3 Å². The number of amides is 1. The van der Waals surface area contributed by atoms with Crippen LogP contribution in [0.4, 0.5) is 0 Å². The Morgan fingerprint density at radius 2 is 2.27 bits per heavy atom. The molecular weight excluding hydrogens is 298 g/mol. The number of ether oxygens (including phenoxy) is 1. The van der Waals surface area contributed by atoms with Crippen LogP contribution < -0.4 is 0 Å². The lowest BCUT2D eigenvalue weighted by atomic mass is 9.84. The van der Waals surface area contributed by atoms with Gasteiger partial charge in [-0.1, -0.05) is 6.92 Å². The third-order valence-electron chi connectivity index (χ3n) is 5.41. The topological polar surface area (TPSA) is 47.4 Å². The van der Waals surface area contributed by atoms with Crippen molar-refractivity contribution in [1.82, 2.24) is 14.7 Å². The molecule has 1 amide bonds. The Kier molecular flexibility index (Phi) is 3.69. The van der Waals surface area contributed by atoms with Crippen LogP contribution in [0.5, 0.6) is 0 Å². The summed E-state index contributed by atoms with van der Waals surface area (Å²) in [5.74, 6) is 3.12. The molecule has 6 heteroatoms. The zero-order valence-electron chi connectivity index (χ0n) is 13.0. The lowest BCUT2D eigenvalue weighted by Crippen LogP contribution is -2.32. The molecule has 0 bridgehead atoms. The Bertz CT molecular complexity index is 569. The van der Waals surface area contributed by atoms with Crippen LogP contribution in [0.3, 0.4) is 0 Å². The van der Waals surface area contributed by atoms with Crippen molar-refractivity contribution in [1.29, 1.82) is 0 Å². The molecule has 3 aliphatic rings. The highest BCUT2D eigenvalue weighted by molar-refractivity contribution is 7.99. The second-order valence-corrected chi connectivity index (χ2v) is 8.11. The van der Waals surface area contributed by atoms with Gasteiger partial charge in [0.05, 0.1) is 6.04 Å². The number of nitrogens with zero attached hydrogens (tertiary/aromatic N) is 3. The van der Waals surface area contributed by atoms with Crippen LogP contribution in [-0.4, -0.2) is 58.4 Å². The molecule has 0 aliphatic carbocycles. The smallest absolute Gasteiger partial charge is 0.274 e. The van der Waals surface area contributed by atoms with Crippen molar-refractivity contribution in [2.24, 2.45) is 11.3 Å². The molecule has 4 heterocycles. The zero-order valence-corrected chi connectivity index (χ0v) is 13.8. The Hall–Kier alpha value is -1.01. The van der Waals surface area contributed by atoms with Crippen LogP contribution in [-0.2, 0) is 4.74 Å². The zero-order chi connectivity index (χ0) is 15.2. The fourth-order valence-electron chi connectivity index (χ4n) is 3.89. The number of fused-ring (bicyclic) bond motifs is 1. The molecule has 2 atom stereocenters. The summed E-state index contributed by atoms with van der Waals surface area (Å²) >= 11 is 2.03. The van der Waals surface area contributed by atoms with Crippen molar-refractivity contribution in [2.45, 2.75) is 25.8 Å². The van der Waals surface area contributed by atoms with E-state index in [4.69, 9.17) is 4.74 Å². The number of hydrogen-bond donors (Lipinski definition) is 0. The fourth-order valence-corrected chi connectivity index (χ4v) is 5.59. The molecule has 0 N–H and O–H groups in total. The molecule has 0 radical (unpaired) electrons. The summed E-state index contributed by atoms with van der Waals surface area (Å²) in [4.78, 5) is 14.7. The van der Waals surface area contributed by atoms with Crippen LogP contribution >= 0.6 is 11.8 Å². The minimum Gasteiger partial charge on any atom is -0.381 e.